The molecule has 5 heteroatoms. The Balaban J connectivity index is 1.72. The summed E-state index contributed by atoms with van der Waals surface area (Å²) in [5.41, 5.74) is 0.0388. The molecule has 20 heavy (non-hydrogen) atoms. The van der Waals surface area contributed by atoms with Crippen molar-refractivity contribution in [3.8, 4) is 0 Å². The van der Waals surface area contributed by atoms with Crippen LogP contribution in [0.2, 0.25) is 0 Å². The minimum Gasteiger partial charge on any atom is -0.468 e. The third kappa shape index (κ3) is 2.59. The molecule has 0 aromatic carbocycles. The highest BCUT2D eigenvalue weighted by molar-refractivity contribution is 5.76. The molecule has 3 rings (SSSR count). The number of nitrogens with zero attached hydrogens (tertiary/aromatic N) is 1. The van der Waals surface area contributed by atoms with Crippen LogP contribution in [0.4, 0.5) is 0 Å². The first-order chi connectivity index (χ1) is 9.63. The van der Waals surface area contributed by atoms with E-state index in [-0.39, 0.29) is 17.6 Å². The fraction of sp³-hybridized carbons (Fsp3) is 0.933. The highest BCUT2D eigenvalue weighted by Crippen LogP contribution is 2.42. The molecule has 3 atom stereocenters. The first-order valence-corrected chi connectivity index (χ1v) is 7.79. The molecule has 3 aliphatic rings. The number of carbonyl (C=O) groups is 1. The van der Waals surface area contributed by atoms with Crippen molar-refractivity contribution in [2.24, 2.45) is 0 Å². The summed E-state index contributed by atoms with van der Waals surface area (Å²) in [7, 11) is 1.42. The molecule has 114 valence electrons. The third-order valence-electron chi connectivity index (χ3n) is 5.24. The molecule has 2 saturated heterocycles. The molecule has 0 aromatic rings. The molecular weight excluding hydrogens is 258 g/mol. The van der Waals surface area contributed by atoms with E-state index < -0.39 is 6.10 Å². The SMILES string of the molecule is COC(=O)C1CC(O)CN1C1CCOC2(CCCC2)C1. The average molecular weight is 283 g/mol. The Morgan fingerprint density at radius 3 is 2.85 bits per heavy atom. The van der Waals surface area contributed by atoms with Gasteiger partial charge in [-0.1, -0.05) is 12.8 Å². The first-order valence-electron chi connectivity index (χ1n) is 7.79. The number of aliphatic hydroxyl groups is 1. The van der Waals surface area contributed by atoms with Gasteiger partial charge < -0.3 is 14.6 Å². The van der Waals surface area contributed by atoms with Gasteiger partial charge in [0.15, 0.2) is 0 Å². The minimum absolute atomic E-state index is 0.0388. The summed E-state index contributed by atoms with van der Waals surface area (Å²) < 4.78 is 11.0. The van der Waals surface area contributed by atoms with Crippen LogP contribution >= 0.6 is 0 Å². The van der Waals surface area contributed by atoms with Gasteiger partial charge in [-0.25, -0.2) is 0 Å². The van der Waals surface area contributed by atoms with E-state index in [0.29, 0.717) is 19.0 Å². The van der Waals surface area contributed by atoms with Crippen molar-refractivity contribution in [3.63, 3.8) is 0 Å². The van der Waals surface area contributed by atoms with Crippen LogP contribution in [0.3, 0.4) is 0 Å². The van der Waals surface area contributed by atoms with Crippen LogP contribution in [0.15, 0.2) is 0 Å². The maximum Gasteiger partial charge on any atom is 0.323 e. The summed E-state index contributed by atoms with van der Waals surface area (Å²) in [6.45, 7) is 1.35. The molecule has 2 aliphatic heterocycles. The Bertz CT molecular complexity index is 367. The summed E-state index contributed by atoms with van der Waals surface area (Å²) in [6.07, 6.45) is 6.80. The van der Waals surface area contributed by atoms with Gasteiger partial charge in [0.2, 0.25) is 0 Å². The van der Waals surface area contributed by atoms with E-state index in [4.69, 9.17) is 9.47 Å². The van der Waals surface area contributed by atoms with Gasteiger partial charge in [0.25, 0.3) is 0 Å². The lowest BCUT2D eigenvalue weighted by Gasteiger charge is -2.43. The van der Waals surface area contributed by atoms with Crippen molar-refractivity contribution in [2.45, 2.75) is 68.7 Å². The maximum atomic E-state index is 11.9. The van der Waals surface area contributed by atoms with Gasteiger partial charge in [-0.05, 0) is 25.7 Å². The maximum absolute atomic E-state index is 11.9. The van der Waals surface area contributed by atoms with Gasteiger partial charge in [0.05, 0.1) is 18.8 Å². The van der Waals surface area contributed by atoms with Crippen molar-refractivity contribution in [3.05, 3.63) is 0 Å². The zero-order valence-electron chi connectivity index (χ0n) is 12.2. The number of likely N-dealkylation sites (tertiary alicyclic amines) is 1. The van der Waals surface area contributed by atoms with Crippen molar-refractivity contribution in [1.82, 2.24) is 4.90 Å². The van der Waals surface area contributed by atoms with Crippen LogP contribution in [0.25, 0.3) is 0 Å². The summed E-state index contributed by atoms with van der Waals surface area (Å²) >= 11 is 0. The Kier molecular flexibility index (Phi) is 4.02. The lowest BCUT2D eigenvalue weighted by atomic mass is 9.88. The second-order valence-electron chi connectivity index (χ2n) is 6.51. The van der Waals surface area contributed by atoms with Crippen LogP contribution in [0, 0.1) is 0 Å². The fourth-order valence-corrected chi connectivity index (χ4v) is 4.26. The highest BCUT2D eigenvalue weighted by atomic mass is 16.5. The van der Waals surface area contributed by atoms with Crippen molar-refractivity contribution in [1.29, 1.82) is 0 Å². The Hall–Kier alpha value is -0.650. The number of hydrogen-bond donors (Lipinski definition) is 1. The van der Waals surface area contributed by atoms with Gasteiger partial charge in [0.1, 0.15) is 6.04 Å². The topological polar surface area (TPSA) is 59.0 Å². The molecule has 1 spiro atoms. The van der Waals surface area contributed by atoms with Crippen LogP contribution in [-0.4, -0.2) is 60.0 Å². The molecule has 5 nitrogen and oxygen atoms in total. The van der Waals surface area contributed by atoms with Crippen molar-refractivity contribution in [2.75, 3.05) is 20.3 Å². The van der Waals surface area contributed by atoms with Gasteiger partial charge in [-0.15, -0.1) is 0 Å². The summed E-state index contributed by atoms with van der Waals surface area (Å²) in [4.78, 5) is 14.1. The number of carbonyl (C=O) groups excluding carboxylic acids is 1. The molecule has 3 unspecified atom stereocenters. The molecule has 0 bridgehead atoms. The molecule has 0 amide bonds. The molecule has 1 aliphatic carbocycles. The van der Waals surface area contributed by atoms with E-state index in [9.17, 15) is 9.90 Å². The van der Waals surface area contributed by atoms with E-state index in [1.165, 1.54) is 20.0 Å². The van der Waals surface area contributed by atoms with E-state index in [2.05, 4.69) is 4.90 Å². The van der Waals surface area contributed by atoms with E-state index in [0.717, 1.165) is 32.3 Å². The van der Waals surface area contributed by atoms with Gasteiger partial charge in [0, 0.05) is 25.6 Å². The zero-order chi connectivity index (χ0) is 14.2. The van der Waals surface area contributed by atoms with Crippen LogP contribution < -0.4 is 0 Å². The van der Waals surface area contributed by atoms with Gasteiger partial charge in [-0.2, -0.15) is 0 Å². The minimum atomic E-state index is -0.415. The Labute approximate surface area is 120 Å². The normalized spacial score (nSPS) is 37.4. The van der Waals surface area contributed by atoms with Gasteiger partial charge in [-0.3, -0.25) is 9.69 Å². The van der Waals surface area contributed by atoms with Gasteiger partial charge >= 0.3 is 5.97 Å². The molecule has 2 heterocycles. The molecule has 3 fully saturated rings. The van der Waals surface area contributed by atoms with E-state index >= 15 is 0 Å². The van der Waals surface area contributed by atoms with Crippen LogP contribution in [0.5, 0.6) is 0 Å². The first kappa shape index (κ1) is 14.3. The fourth-order valence-electron chi connectivity index (χ4n) is 4.26. The predicted octanol–water partition coefficient (Wildman–Crippen LogP) is 1.09. The lowest BCUT2D eigenvalue weighted by Crippen LogP contribution is -2.51. The van der Waals surface area contributed by atoms with Crippen LogP contribution in [-0.2, 0) is 14.3 Å². The highest BCUT2D eigenvalue weighted by Gasteiger charge is 2.46. The number of methoxy groups -OCH3 is 1. The zero-order valence-corrected chi connectivity index (χ0v) is 12.2. The molecule has 1 N–H and O–H groups in total. The second-order valence-corrected chi connectivity index (χ2v) is 6.51. The quantitative estimate of drug-likeness (QED) is 0.769. The predicted molar refractivity (Wildman–Crippen MR) is 73.3 cm³/mol. The summed E-state index contributed by atoms with van der Waals surface area (Å²) in [5.74, 6) is -0.214. The molecule has 0 aromatic heterocycles. The number of esters is 1. The van der Waals surface area contributed by atoms with Crippen LogP contribution in [0.1, 0.15) is 44.9 Å². The average Bonchev–Trinajstić information content (AvgIpc) is 3.05. The number of rotatable bonds is 2. The smallest absolute Gasteiger partial charge is 0.323 e. The third-order valence-corrected chi connectivity index (χ3v) is 5.24. The van der Waals surface area contributed by atoms with E-state index in [1.807, 2.05) is 0 Å². The standard InChI is InChI=1S/C15H25NO4/c1-19-14(18)13-8-12(17)10-16(13)11-4-7-20-15(9-11)5-2-3-6-15/h11-13,17H,2-10H2,1H3. The number of hydrogen-bond acceptors (Lipinski definition) is 5. The molecular formula is C15H25NO4. The molecule has 1 saturated carbocycles. The number of ether oxygens (including phenoxy) is 2. The Morgan fingerprint density at radius 2 is 2.15 bits per heavy atom. The monoisotopic (exact) mass is 283 g/mol. The summed E-state index contributed by atoms with van der Waals surface area (Å²) in [6, 6.07) is 0.0552. The summed E-state index contributed by atoms with van der Waals surface area (Å²) in [5, 5.41) is 9.92. The Morgan fingerprint density at radius 1 is 1.40 bits per heavy atom. The van der Waals surface area contributed by atoms with Crippen molar-refractivity contribution >= 4 is 5.97 Å². The van der Waals surface area contributed by atoms with E-state index in [1.54, 1.807) is 0 Å². The van der Waals surface area contributed by atoms with Crippen molar-refractivity contribution < 1.29 is 19.4 Å². The lowest BCUT2D eigenvalue weighted by molar-refractivity contribution is -0.150. The second kappa shape index (κ2) is 5.62. The number of β-amino-alcohol motifs (C(OH)–C–C–N with tert-alkyl or cyclic N) is 1. The largest absolute Gasteiger partial charge is 0.468 e. The molecule has 0 radical (unpaired) electrons. The number of aliphatic hydroxyl groups excluding tert-OH is 1.